The fraction of sp³-hybridized carbons (Fsp3) is 0.594. The number of aromatic nitrogens is 2. The average molecular weight is 579 g/mol. The number of alkyl halides is 2. The molecule has 3 saturated heterocycles. The van der Waals surface area contributed by atoms with Crippen LogP contribution in [0.15, 0.2) is 31.0 Å². The van der Waals surface area contributed by atoms with Gasteiger partial charge in [0.1, 0.15) is 11.5 Å². The molecule has 5 aliphatic rings. The summed E-state index contributed by atoms with van der Waals surface area (Å²) in [6.45, 7) is 13.1. The summed E-state index contributed by atoms with van der Waals surface area (Å²) in [4.78, 5) is 30.1. The van der Waals surface area contributed by atoms with Crippen molar-refractivity contribution in [3.05, 3.63) is 59.1 Å². The Balaban J connectivity index is 1.11. The van der Waals surface area contributed by atoms with Crippen LogP contribution in [-0.2, 0) is 21.6 Å². The number of fused-ring (bicyclic) bond motifs is 5. The SMILES string of the molecule is C=CC(=O)N1CCN(C2CN3c4cc(N5CCC6(CC5)O[C@@H](C)c5nccc(C)c56)nc(C(F)F)c4CCCC23)CC1. The van der Waals surface area contributed by atoms with Crippen LogP contribution in [0.25, 0.3) is 0 Å². The highest BCUT2D eigenvalue weighted by molar-refractivity contribution is 5.87. The first-order chi connectivity index (χ1) is 20.3. The van der Waals surface area contributed by atoms with Gasteiger partial charge in [0.05, 0.1) is 17.4 Å². The Labute approximate surface area is 246 Å². The first-order valence-corrected chi connectivity index (χ1v) is 15.4. The Hall–Kier alpha value is -3.11. The van der Waals surface area contributed by atoms with E-state index in [1.54, 1.807) is 0 Å². The van der Waals surface area contributed by atoms with Crippen LogP contribution in [-0.4, -0.2) is 83.6 Å². The molecule has 224 valence electrons. The van der Waals surface area contributed by atoms with Crippen molar-refractivity contribution in [2.75, 3.05) is 55.6 Å². The summed E-state index contributed by atoms with van der Waals surface area (Å²) in [5.74, 6) is 0.634. The van der Waals surface area contributed by atoms with Crippen LogP contribution in [0.4, 0.5) is 20.3 Å². The number of pyridine rings is 2. The molecule has 1 spiro atoms. The number of piperidine rings is 1. The van der Waals surface area contributed by atoms with Crippen LogP contribution < -0.4 is 9.80 Å². The van der Waals surface area contributed by atoms with Gasteiger partial charge in [-0.2, -0.15) is 0 Å². The zero-order chi connectivity index (χ0) is 29.2. The predicted octanol–water partition coefficient (Wildman–Crippen LogP) is 4.53. The standard InChI is InChI=1S/C32H40F2N6O2/c1-4-27(41)39-16-14-37(15-17-39)25-19-40-23(25)7-5-6-22-24(40)18-26(36-30(22)31(33)34)38-12-9-32(10-13-38)28-20(2)8-11-35-29(28)21(3)42-32/h4,8,11,18,21,23,25,31H,1,5-7,9-10,12-17,19H2,2-3H3/t21-,23?,25?/m0/s1. The van der Waals surface area contributed by atoms with Crippen molar-refractivity contribution in [3.63, 3.8) is 0 Å². The van der Waals surface area contributed by atoms with E-state index in [0.717, 1.165) is 56.7 Å². The first-order valence-electron chi connectivity index (χ1n) is 15.4. The van der Waals surface area contributed by atoms with E-state index >= 15 is 0 Å². The Kier molecular flexibility index (Phi) is 6.96. The van der Waals surface area contributed by atoms with Gasteiger partial charge < -0.3 is 19.4 Å². The van der Waals surface area contributed by atoms with E-state index in [0.29, 0.717) is 56.1 Å². The Morgan fingerprint density at radius 3 is 2.64 bits per heavy atom. The van der Waals surface area contributed by atoms with Crippen LogP contribution in [0.3, 0.4) is 0 Å². The molecule has 7 rings (SSSR count). The van der Waals surface area contributed by atoms with Crippen molar-refractivity contribution in [2.45, 2.75) is 76.2 Å². The van der Waals surface area contributed by atoms with E-state index in [9.17, 15) is 13.6 Å². The van der Waals surface area contributed by atoms with E-state index in [4.69, 9.17) is 4.74 Å². The lowest BCUT2D eigenvalue weighted by atomic mass is 9.82. The molecule has 0 bridgehead atoms. The highest BCUT2D eigenvalue weighted by atomic mass is 19.3. The minimum Gasteiger partial charge on any atom is -0.365 e. The van der Waals surface area contributed by atoms with Gasteiger partial charge in [0.15, 0.2) is 0 Å². The van der Waals surface area contributed by atoms with E-state index in [2.05, 4.69) is 57.2 Å². The number of carbonyl (C=O) groups excluding carboxylic acids is 1. The second-order valence-corrected chi connectivity index (χ2v) is 12.5. The smallest absolute Gasteiger partial charge is 0.280 e. The van der Waals surface area contributed by atoms with E-state index in [-0.39, 0.29) is 23.3 Å². The Morgan fingerprint density at radius 2 is 1.93 bits per heavy atom. The van der Waals surface area contributed by atoms with Crippen molar-refractivity contribution in [1.82, 2.24) is 19.8 Å². The molecular weight excluding hydrogens is 538 g/mol. The second-order valence-electron chi connectivity index (χ2n) is 12.5. The summed E-state index contributed by atoms with van der Waals surface area (Å²) < 4.78 is 35.6. The second kappa shape index (κ2) is 10.6. The lowest BCUT2D eigenvalue weighted by molar-refractivity contribution is -0.128. The molecule has 3 fully saturated rings. The number of hydrogen-bond donors (Lipinski definition) is 0. The van der Waals surface area contributed by atoms with E-state index in [1.807, 2.05) is 11.1 Å². The molecule has 0 aromatic carbocycles. The summed E-state index contributed by atoms with van der Waals surface area (Å²) in [5, 5.41) is 0. The number of anilines is 2. The van der Waals surface area contributed by atoms with E-state index in [1.165, 1.54) is 17.2 Å². The van der Waals surface area contributed by atoms with Crippen LogP contribution in [0.5, 0.6) is 0 Å². The van der Waals surface area contributed by atoms with Crippen LogP contribution in [0.2, 0.25) is 0 Å². The summed E-state index contributed by atoms with van der Waals surface area (Å²) in [6, 6.07) is 4.79. The van der Waals surface area contributed by atoms with Crippen LogP contribution >= 0.6 is 0 Å². The molecular formula is C32H40F2N6O2. The summed E-state index contributed by atoms with van der Waals surface area (Å²) in [7, 11) is 0. The Morgan fingerprint density at radius 1 is 1.17 bits per heavy atom. The average Bonchev–Trinajstić information content (AvgIpc) is 3.17. The molecule has 3 atom stereocenters. The third-order valence-electron chi connectivity index (χ3n) is 10.4. The van der Waals surface area contributed by atoms with Gasteiger partial charge in [0, 0.05) is 87.0 Å². The maximum absolute atomic E-state index is 14.5. The molecule has 2 aromatic heterocycles. The lowest BCUT2D eigenvalue weighted by Gasteiger charge is -2.55. The van der Waals surface area contributed by atoms with Crippen LogP contribution in [0, 0.1) is 6.92 Å². The molecule has 2 aromatic rings. The molecule has 2 unspecified atom stereocenters. The normalized spacial score (nSPS) is 26.9. The number of rotatable bonds is 4. The van der Waals surface area contributed by atoms with E-state index < -0.39 is 6.43 Å². The molecule has 0 aliphatic carbocycles. The minimum absolute atomic E-state index is 0.0125. The minimum atomic E-state index is -2.61. The van der Waals surface area contributed by atoms with Gasteiger partial charge in [0.2, 0.25) is 5.91 Å². The summed E-state index contributed by atoms with van der Waals surface area (Å²) in [6.07, 6.45) is 4.58. The lowest BCUT2D eigenvalue weighted by Crippen LogP contribution is -2.69. The van der Waals surface area contributed by atoms with Crippen molar-refractivity contribution in [3.8, 4) is 0 Å². The fourth-order valence-electron chi connectivity index (χ4n) is 8.22. The van der Waals surface area contributed by atoms with Gasteiger partial charge in [-0.1, -0.05) is 6.58 Å². The largest absolute Gasteiger partial charge is 0.365 e. The number of halogens is 2. The van der Waals surface area contributed by atoms with Crippen LogP contribution in [0.1, 0.15) is 73.2 Å². The van der Waals surface area contributed by atoms with Gasteiger partial charge in [-0.15, -0.1) is 0 Å². The van der Waals surface area contributed by atoms with Gasteiger partial charge in [-0.3, -0.25) is 14.7 Å². The third kappa shape index (κ3) is 4.40. The van der Waals surface area contributed by atoms with Crippen molar-refractivity contribution in [1.29, 1.82) is 0 Å². The topological polar surface area (TPSA) is 65.0 Å². The van der Waals surface area contributed by atoms with Gasteiger partial charge in [-0.05, 0) is 63.7 Å². The quantitative estimate of drug-likeness (QED) is 0.494. The number of nitrogens with zero attached hydrogens (tertiary/aromatic N) is 6. The molecule has 0 N–H and O–H groups in total. The summed E-state index contributed by atoms with van der Waals surface area (Å²) in [5.41, 5.74) is 4.66. The Bertz CT molecular complexity index is 1390. The predicted molar refractivity (Wildman–Crippen MR) is 157 cm³/mol. The molecule has 5 aliphatic heterocycles. The number of ether oxygens (including phenoxy) is 1. The van der Waals surface area contributed by atoms with Crippen molar-refractivity contribution >= 4 is 17.4 Å². The number of hydrogen-bond acceptors (Lipinski definition) is 7. The number of carbonyl (C=O) groups is 1. The first kappa shape index (κ1) is 27.7. The maximum atomic E-state index is 14.5. The molecule has 10 heteroatoms. The van der Waals surface area contributed by atoms with Gasteiger partial charge >= 0.3 is 0 Å². The highest BCUT2D eigenvalue weighted by Gasteiger charge is 2.48. The third-order valence-corrected chi connectivity index (χ3v) is 10.4. The number of aryl methyl sites for hydroxylation is 1. The molecule has 8 nitrogen and oxygen atoms in total. The monoisotopic (exact) mass is 578 g/mol. The molecule has 42 heavy (non-hydrogen) atoms. The van der Waals surface area contributed by atoms with Gasteiger partial charge in [0.25, 0.3) is 6.43 Å². The molecule has 1 amide bonds. The molecule has 7 heterocycles. The molecule has 0 radical (unpaired) electrons. The maximum Gasteiger partial charge on any atom is 0.280 e. The fourth-order valence-corrected chi connectivity index (χ4v) is 8.22. The zero-order valence-electron chi connectivity index (χ0n) is 24.6. The van der Waals surface area contributed by atoms with Crippen molar-refractivity contribution < 1.29 is 18.3 Å². The zero-order valence-corrected chi connectivity index (χ0v) is 24.6. The summed E-state index contributed by atoms with van der Waals surface area (Å²) >= 11 is 0. The number of amides is 1. The van der Waals surface area contributed by atoms with Crippen molar-refractivity contribution in [2.24, 2.45) is 0 Å². The molecule has 0 saturated carbocycles. The van der Waals surface area contributed by atoms with Gasteiger partial charge in [-0.25, -0.2) is 13.8 Å². The number of piperazine rings is 1. The highest BCUT2D eigenvalue weighted by Crippen LogP contribution is 2.50.